The molecule has 0 nitrogen and oxygen atoms in total. The van der Waals surface area contributed by atoms with E-state index in [9.17, 15) is 0 Å². The third-order valence-electron chi connectivity index (χ3n) is 2.20. The van der Waals surface area contributed by atoms with E-state index < -0.39 is 0 Å². The molecule has 1 unspecified atom stereocenters. The topological polar surface area (TPSA) is 0 Å². The van der Waals surface area contributed by atoms with Crippen LogP contribution in [0.2, 0.25) is 13.1 Å². The van der Waals surface area contributed by atoms with Gasteiger partial charge in [-0.25, -0.2) is 23.3 Å². The molecule has 0 bridgehead atoms. The molecule has 0 radical (unpaired) electrons. The molecule has 0 saturated carbocycles. The Morgan fingerprint density at radius 2 is 1.83 bits per heavy atom. The van der Waals surface area contributed by atoms with Crippen molar-refractivity contribution in [3.63, 3.8) is 0 Å². The minimum absolute atomic E-state index is 0.120. The van der Waals surface area contributed by atoms with Crippen molar-refractivity contribution in [2.24, 2.45) is 5.92 Å². The van der Waals surface area contributed by atoms with Crippen molar-refractivity contribution in [3.8, 4) is 0 Å². The van der Waals surface area contributed by atoms with Gasteiger partial charge >= 0.3 is 38.5 Å². The molecule has 0 aromatic carbocycles. The molecular formula is C16H24SiTi. The van der Waals surface area contributed by atoms with Crippen LogP contribution in [0.1, 0.15) is 34.1 Å². The van der Waals surface area contributed by atoms with E-state index in [1.165, 1.54) is 16.7 Å². The number of rotatable bonds is 0. The van der Waals surface area contributed by atoms with Crippen LogP contribution in [0.15, 0.2) is 34.9 Å². The van der Waals surface area contributed by atoms with E-state index in [1.807, 2.05) is 6.08 Å². The third kappa shape index (κ3) is 11.0. The van der Waals surface area contributed by atoms with Crippen LogP contribution in [0.4, 0.5) is 0 Å². The SMILES string of the molecule is CC1=CC(C)[C-]=C1.CC1=[C-]CC(C)=C1.C[Si](C)=[Ti+2]. The van der Waals surface area contributed by atoms with Crippen LogP contribution >= 0.6 is 0 Å². The first-order chi connectivity index (χ1) is 8.31. The van der Waals surface area contributed by atoms with Gasteiger partial charge in [0.15, 0.2) is 0 Å². The summed E-state index contributed by atoms with van der Waals surface area (Å²) in [5.74, 6) is 0.556. The van der Waals surface area contributed by atoms with E-state index in [0.717, 1.165) is 6.42 Å². The Kier molecular flexibility index (Phi) is 9.71. The van der Waals surface area contributed by atoms with Crippen molar-refractivity contribution in [2.45, 2.75) is 47.2 Å². The molecule has 96 valence electrons. The Morgan fingerprint density at radius 3 is 1.94 bits per heavy atom. The average molecular weight is 292 g/mol. The summed E-state index contributed by atoms with van der Waals surface area (Å²) in [5, 5.41) is 0. The summed E-state index contributed by atoms with van der Waals surface area (Å²) in [6.07, 6.45) is 13.9. The van der Waals surface area contributed by atoms with Gasteiger partial charge in [0.05, 0.1) is 0 Å². The predicted octanol–water partition coefficient (Wildman–Crippen LogP) is 4.81. The van der Waals surface area contributed by atoms with Crippen LogP contribution in [-0.4, -0.2) is 6.19 Å². The summed E-state index contributed by atoms with van der Waals surface area (Å²) in [6.45, 7) is 13.0. The Hall–Kier alpha value is -0.109. The average Bonchev–Trinajstić information content (AvgIpc) is 2.76. The molecule has 0 heterocycles. The van der Waals surface area contributed by atoms with E-state index >= 15 is 0 Å². The summed E-state index contributed by atoms with van der Waals surface area (Å²) in [7, 11) is 0. The van der Waals surface area contributed by atoms with Gasteiger partial charge in [-0.3, -0.25) is 12.2 Å². The van der Waals surface area contributed by atoms with Gasteiger partial charge in [-0.15, -0.1) is 13.3 Å². The first kappa shape index (κ1) is 17.9. The molecule has 2 aliphatic carbocycles. The second-order valence-corrected chi connectivity index (χ2v) is 11.7. The second-order valence-electron chi connectivity index (χ2n) is 5.04. The maximum atomic E-state index is 3.19. The zero-order valence-corrected chi connectivity index (χ0v) is 15.1. The predicted molar refractivity (Wildman–Crippen MR) is 79.0 cm³/mol. The number of allylic oxidation sites excluding steroid dienone is 8. The zero-order chi connectivity index (χ0) is 14.1. The fourth-order valence-corrected chi connectivity index (χ4v) is 1.50. The van der Waals surface area contributed by atoms with Crippen molar-refractivity contribution < 1.29 is 19.2 Å². The molecule has 0 fully saturated rings. The zero-order valence-electron chi connectivity index (χ0n) is 12.5. The molecule has 0 amide bonds. The van der Waals surface area contributed by atoms with Gasteiger partial charge in [0.1, 0.15) is 0 Å². The van der Waals surface area contributed by atoms with Crippen molar-refractivity contribution in [1.29, 1.82) is 0 Å². The van der Waals surface area contributed by atoms with Crippen molar-refractivity contribution in [3.05, 3.63) is 47.1 Å². The number of hydrogen-bond donors (Lipinski definition) is 0. The van der Waals surface area contributed by atoms with Crippen LogP contribution in [0.3, 0.4) is 0 Å². The molecule has 0 aromatic heterocycles. The van der Waals surface area contributed by atoms with Gasteiger partial charge in [0.25, 0.3) is 0 Å². The first-order valence-electron chi connectivity index (χ1n) is 6.35. The summed E-state index contributed by atoms with van der Waals surface area (Å²) >= 11 is 2.27. The monoisotopic (exact) mass is 292 g/mol. The molecule has 2 heteroatoms. The normalized spacial score (nSPS) is 20.0. The molecule has 0 aromatic rings. The quantitative estimate of drug-likeness (QED) is 0.444. The van der Waals surface area contributed by atoms with Crippen LogP contribution in [0.5, 0.6) is 0 Å². The summed E-state index contributed by atoms with van der Waals surface area (Å²) in [6, 6.07) is 0. The van der Waals surface area contributed by atoms with E-state index in [2.05, 4.69) is 84.3 Å². The molecule has 0 N–H and O–H groups in total. The molecule has 2 aliphatic rings. The molecule has 0 spiro atoms. The van der Waals surface area contributed by atoms with Gasteiger partial charge in [0.2, 0.25) is 0 Å². The van der Waals surface area contributed by atoms with Gasteiger partial charge in [-0.05, 0) is 0 Å². The fraction of sp³-hybridized carbons (Fsp3) is 0.500. The van der Waals surface area contributed by atoms with E-state index in [1.54, 1.807) is 0 Å². The van der Waals surface area contributed by atoms with Gasteiger partial charge < -0.3 is 0 Å². The Morgan fingerprint density at radius 1 is 1.28 bits per heavy atom. The van der Waals surface area contributed by atoms with Crippen LogP contribution in [0.25, 0.3) is 0 Å². The minimum atomic E-state index is 0.120. The second kappa shape index (κ2) is 9.77. The van der Waals surface area contributed by atoms with Crippen molar-refractivity contribution >= 4 is 6.19 Å². The van der Waals surface area contributed by atoms with E-state index in [4.69, 9.17) is 0 Å². The molecule has 18 heavy (non-hydrogen) atoms. The molecule has 2 rings (SSSR count). The maximum absolute atomic E-state index is 3.19. The first-order valence-corrected chi connectivity index (χ1v) is 11.2. The standard InChI is InChI=1S/2C7H9.C2H6Si.Ti/c2*1-6-3-4-7(2)5-6;1-3-2;/h5H,3H2,1-2H3;3,5,7H,1-2H3;1-2H3;/q2*-1;;+2. The molecular weight excluding hydrogens is 268 g/mol. The Labute approximate surface area is 125 Å². The molecule has 1 atom stereocenters. The van der Waals surface area contributed by atoms with Crippen molar-refractivity contribution in [1.82, 2.24) is 0 Å². The Bertz CT molecular complexity index is 393. The van der Waals surface area contributed by atoms with Crippen LogP contribution < -0.4 is 0 Å². The third-order valence-corrected chi connectivity index (χ3v) is 2.20. The summed E-state index contributed by atoms with van der Waals surface area (Å²) in [4.78, 5) is 0. The number of hydrogen-bond acceptors (Lipinski definition) is 0. The van der Waals surface area contributed by atoms with Crippen LogP contribution in [0, 0.1) is 18.1 Å². The van der Waals surface area contributed by atoms with Crippen LogP contribution in [-0.2, 0) is 19.2 Å². The summed E-state index contributed by atoms with van der Waals surface area (Å²) < 4.78 is 0. The Balaban J connectivity index is 0.000000253. The molecule has 0 saturated heterocycles. The van der Waals surface area contributed by atoms with Gasteiger partial charge in [0, 0.05) is 0 Å². The van der Waals surface area contributed by atoms with Gasteiger partial charge in [-0.2, -0.15) is 11.6 Å². The summed E-state index contributed by atoms with van der Waals surface area (Å²) in [5.41, 5.74) is 4.06. The van der Waals surface area contributed by atoms with E-state index in [0.29, 0.717) is 5.92 Å². The fourth-order valence-electron chi connectivity index (χ4n) is 1.50. The van der Waals surface area contributed by atoms with Gasteiger partial charge in [-0.1, -0.05) is 26.7 Å². The van der Waals surface area contributed by atoms with Crippen molar-refractivity contribution in [2.75, 3.05) is 0 Å². The molecule has 0 aliphatic heterocycles. The van der Waals surface area contributed by atoms with E-state index in [-0.39, 0.29) is 6.19 Å².